The molecule has 0 aliphatic carbocycles. The van der Waals surface area contributed by atoms with E-state index >= 15 is 0 Å². The van der Waals surface area contributed by atoms with Crippen molar-refractivity contribution in [2.45, 2.75) is 51.6 Å². The number of aliphatic hydroxyl groups is 1. The molecule has 1 aliphatic heterocycles. The molecule has 0 aromatic carbocycles. The number of rotatable bonds is 5. The number of likely N-dealkylation sites (tertiary alicyclic amines) is 1. The Morgan fingerprint density at radius 1 is 1.53 bits per heavy atom. The summed E-state index contributed by atoms with van der Waals surface area (Å²) in [4.78, 5) is 6.79. The fraction of sp³-hybridized carbons (Fsp3) is 0.833. The lowest BCUT2D eigenvalue weighted by molar-refractivity contribution is 0.200. The Bertz CT molecular complexity index is 351. The van der Waals surface area contributed by atoms with Crippen LogP contribution in [0.1, 0.15) is 38.4 Å². The van der Waals surface area contributed by atoms with E-state index in [9.17, 15) is 0 Å². The van der Waals surface area contributed by atoms with Crippen molar-refractivity contribution >= 4 is 0 Å². The first-order valence-corrected chi connectivity index (χ1v) is 6.38. The summed E-state index contributed by atoms with van der Waals surface area (Å²) in [7, 11) is 0. The minimum Gasteiger partial charge on any atom is -0.396 e. The average molecular weight is 239 g/mol. The molecular weight excluding hydrogens is 218 g/mol. The van der Waals surface area contributed by atoms with Crippen molar-refractivity contribution in [3.63, 3.8) is 0 Å². The zero-order valence-corrected chi connectivity index (χ0v) is 10.6. The Kier molecular flexibility index (Phi) is 4.12. The standard InChI is InChI=1S/C12H21N3O2/c1-9(2)15-6-3-4-10(15)8-11-13-12(5-7-16)17-14-11/h9-10,16H,3-8H2,1-2H3. The Morgan fingerprint density at radius 2 is 2.35 bits per heavy atom. The van der Waals surface area contributed by atoms with E-state index in [1.807, 2.05) is 0 Å². The molecule has 0 spiro atoms. The molecule has 0 bridgehead atoms. The van der Waals surface area contributed by atoms with E-state index in [0.29, 0.717) is 24.4 Å². The van der Waals surface area contributed by atoms with Gasteiger partial charge in [-0.1, -0.05) is 5.16 Å². The monoisotopic (exact) mass is 239 g/mol. The third-order valence-corrected chi connectivity index (χ3v) is 3.34. The number of nitrogens with zero attached hydrogens (tertiary/aromatic N) is 3. The molecule has 1 aromatic rings. The van der Waals surface area contributed by atoms with Crippen molar-refractivity contribution in [2.24, 2.45) is 0 Å². The summed E-state index contributed by atoms with van der Waals surface area (Å²) in [5.74, 6) is 1.31. The van der Waals surface area contributed by atoms with Gasteiger partial charge in [0.2, 0.25) is 5.89 Å². The maximum Gasteiger partial charge on any atom is 0.228 e. The van der Waals surface area contributed by atoms with Crippen LogP contribution in [0.2, 0.25) is 0 Å². The summed E-state index contributed by atoms with van der Waals surface area (Å²) in [6.45, 7) is 5.68. The third kappa shape index (κ3) is 3.04. The highest BCUT2D eigenvalue weighted by molar-refractivity contribution is 4.94. The first-order valence-electron chi connectivity index (χ1n) is 6.38. The van der Waals surface area contributed by atoms with Crippen LogP contribution in [-0.4, -0.2) is 45.4 Å². The topological polar surface area (TPSA) is 62.4 Å². The van der Waals surface area contributed by atoms with E-state index in [4.69, 9.17) is 9.63 Å². The van der Waals surface area contributed by atoms with Crippen molar-refractivity contribution in [3.05, 3.63) is 11.7 Å². The fourth-order valence-corrected chi connectivity index (χ4v) is 2.54. The molecule has 96 valence electrons. The van der Waals surface area contributed by atoms with Crippen molar-refractivity contribution in [3.8, 4) is 0 Å². The lowest BCUT2D eigenvalue weighted by Crippen LogP contribution is -2.36. The van der Waals surface area contributed by atoms with Gasteiger partial charge in [0.15, 0.2) is 5.82 Å². The maximum atomic E-state index is 8.79. The maximum absolute atomic E-state index is 8.79. The highest BCUT2D eigenvalue weighted by Gasteiger charge is 2.27. The molecule has 0 radical (unpaired) electrons. The predicted molar refractivity (Wildman–Crippen MR) is 63.7 cm³/mol. The first-order chi connectivity index (χ1) is 8.20. The Morgan fingerprint density at radius 3 is 3.06 bits per heavy atom. The van der Waals surface area contributed by atoms with Gasteiger partial charge >= 0.3 is 0 Å². The van der Waals surface area contributed by atoms with Crippen LogP contribution >= 0.6 is 0 Å². The summed E-state index contributed by atoms with van der Waals surface area (Å²) >= 11 is 0. The minimum absolute atomic E-state index is 0.0587. The van der Waals surface area contributed by atoms with E-state index in [0.717, 1.165) is 12.2 Å². The quantitative estimate of drug-likeness (QED) is 0.831. The zero-order chi connectivity index (χ0) is 12.3. The second-order valence-corrected chi connectivity index (χ2v) is 4.91. The van der Waals surface area contributed by atoms with Gasteiger partial charge in [0.25, 0.3) is 0 Å². The minimum atomic E-state index is 0.0587. The normalized spacial score (nSPS) is 21.5. The molecule has 1 unspecified atom stereocenters. The van der Waals surface area contributed by atoms with Crippen LogP contribution < -0.4 is 0 Å². The first kappa shape index (κ1) is 12.5. The van der Waals surface area contributed by atoms with Crippen molar-refractivity contribution in [1.29, 1.82) is 0 Å². The van der Waals surface area contributed by atoms with E-state index in [-0.39, 0.29) is 6.61 Å². The van der Waals surface area contributed by atoms with Crippen LogP contribution in [-0.2, 0) is 12.8 Å². The van der Waals surface area contributed by atoms with E-state index in [2.05, 4.69) is 28.9 Å². The van der Waals surface area contributed by atoms with Crippen LogP contribution in [0.25, 0.3) is 0 Å². The second-order valence-electron chi connectivity index (χ2n) is 4.91. The molecular formula is C12H21N3O2. The lowest BCUT2D eigenvalue weighted by atomic mass is 10.1. The van der Waals surface area contributed by atoms with Gasteiger partial charge in [-0.2, -0.15) is 4.98 Å². The molecule has 0 saturated carbocycles. The summed E-state index contributed by atoms with van der Waals surface area (Å²) in [6.07, 6.45) is 3.77. The lowest BCUT2D eigenvalue weighted by Gasteiger charge is -2.27. The van der Waals surface area contributed by atoms with Gasteiger partial charge in [-0.15, -0.1) is 0 Å². The molecule has 1 aromatic heterocycles. The van der Waals surface area contributed by atoms with Gasteiger partial charge < -0.3 is 9.63 Å². The highest BCUT2D eigenvalue weighted by atomic mass is 16.5. The summed E-state index contributed by atoms with van der Waals surface area (Å²) in [5.41, 5.74) is 0. The number of aliphatic hydroxyl groups excluding tert-OH is 1. The summed E-state index contributed by atoms with van der Waals surface area (Å²) < 4.78 is 5.07. The molecule has 17 heavy (non-hydrogen) atoms. The molecule has 2 rings (SSSR count). The molecule has 5 heteroatoms. The van der Waals surface area contributed by atoms with Crippen LogP contribution in [0.15, 0.2) is 4.52 Å². The van der Waals surface area contributed by atoms with Crippen molar-refractivity contribution in [1.82, 2.24) is 15.0 Å². The van der Waals surface area contributed by atoms with Crippen LogP contribution in [0.3, 0.4) is 0 Å². The van der Waals surface area contributed by atoms with Crippen LogP contribution in [0.4, 0.5) is 0 Å². The molecule has 1 N–H and O–H groups in total. The zero-order valence-electron chi connectivity index (χ0n) is 10.6. The van der Waals surface area contributed by atoms with Gasteiger partial charge in [0.1, 0.15) is 0 Å². The number of hydrogen-bond donors (Lipinski definition) is 1. The summed E-state index contributed by atoms with van der Waals surface area (Å²) in [5, 5.41) is 12.8. The van der Waals surface area contributed by atoms with E-state index in [1.54, 1.807) is 0 Å². The van der Waals surface area contributed by atoms with Gasteiger partial charge in [-0.05, 0) is 33.2 Å². The van der Waals surface area contributed by atoms with E-state index < -0.39 is 0 Å². The average Bonchev–Trinajstić information content (AvgIpc) is 2.89. The smallest absolute Gasteiger partial charge is 0.228 e. The highest BCUT2D eigenvalue weighted by Crippen LogP contribution is 2.22. The van der Waals surface area contributed by atoms with Crippen molar-refractivity contribution in [2.75, 3.05) is 13.2 Å². The van der Waals surface area contributed by atoms with Gasteiger partial charge in [-0.25, -0.2) is 0 Å². The molecule has 1 saturated heterocycles. The second kappa shape index (κ2) is 5.60. The molecule has 0 amide bonds. The van der Waals surface area contributed by atoms with Crippen LogP contribution in [0.5, 0.6) is 0 Å². The van der Waals surface area contributed by atoms with Crippen molar-refractivity contribution < 1.29 is 9.63 Å². The Hall–Kier alpha value is -0.940. The molecule has 5 nitrogen and oxygen atoms in total. The van der Waals surface area contributed by atoms with E-state index in [1.165, 1.54) is 19.4 Å². The van der Waals surface area contributed by atoms with Gasteiger partial charge in [0.05, 0.1) is 13.0 Å². The largest absolute Gasteiger partial charge is 0.396 e. The third-order valence-electron chi connectivity index (χ3n) is 3.34. The predicted octanol–water partition coefficient (Wildman–Crippen LogP) is 1.02. The summed E-state index contributed by atoms with van der Waals surface area (Å²) in [6, 6.07) is 1.11. The molecule has 1 aliphatic rings. The van der Waals surface area contributed by atoms with Gasteiger partial charge in [0, 0.05) is 18.5 Å². The fourth-order valence-electron chi connectivity index (χ4n) is 2.54. The number of hydrogen-bond acceptors (Lipinski definition) is 5. The molecule has 1 fully saturated rings. The molecule has 2 heterocycles. The Balaban J connectivity index is 1.95. The van der Waals surface area contributed by atoms with Gasteiger partial charge in [-0.3, -0.25) is 4.90 Å². The Labute approximate surface area is 102 Å². The van der Waals surface area contributed by atoms with Crippen LogP contribution in [0, 0.1) is 0 Å². The SMILES string of the molecule is CC(C)N1CCCC1Cc1noc(CCO)n1. The molecule has 1 atom stereocenters. The number of aromatic nitrogens is 2.